The van der Waals surface area contributed by atoms with Crippen molar-refractivity contribution in [2.45, 2.75) is 30.8 Å². The second kappa shape index (κ2) is 11.7. The van der Waals surface area contributed by atoms with Crippen LogP contribution in [-0.4, -0.2) is 6.17 Å². The summed E-state index contributed by atoms with van der Waals surface area (Å²) in [6, 6.07) is 48.2. The van der Waals surface area contributed by atoms with Gasteiger partial charge in [0, 0.05) is 57.6 Å². The summed E-state index contributed by atoms with van der Waals surface area (Å²) in [5, 5.41) is 18.2. The maximum atomic E-state index is 6.48. The summed E-state index contributed by atoms with van der Waals surface area (Å²) in [4.78, 5) is 1.46. The van der Waals surface area contributed by atoms with E-state index in [0.717, 1.165) is 33.9 Å². The first-order valence-corrected chi connectivity index (χ1v) is 19.3. The lowest BCUT2D eigenvalue weighted by Crippen LogP contribution is -2.61. The number of hydrogen-bond acceptors (Lipinski definition) is 6. The van der Waals surface area contributed by atoms with Crippen LogP contribution < -0.4 is 16.0 Å². The summed E-state index contributed by atoms with van der Waals surface area (Å²) >= 11 is 3.81. The number of furan rings is 1. The Labute approximate surface area is 303 Å². The summed E-state index contributed by atoms with van der Waals surface area (Å²) < 4.78 is 10.4. The lowest BCUT2D eigenvalue weighted by atomic mass is 9.89. The highest BCUT2D eigenvalue weighted by atomic mass is 32.1. The molecular formula is C45H33N3OS2. The Morgan fingerprint density at radius 3 is 2.18 bits per heavy atom. The Kier molecular flexibility index (Phi) is 6.82. The molecule has 0 spiro atoms. The summed E-state index contributed by atoms with van der Waals surface area (Å²) in [6.45, 7) is 0. The predicted molar refractivity (Wildman–Crippen MR) is 215 cm³/mol. The minimum absolute atomic E-state index is 0.00278. The van der Waals surface area contributed by atoms with Crippen LogP contribution in [0.2, 0.25) is 0 Å². The predicted octanol–water partition coefficient (Wildman–Crippen LogP) is 11.8. The fraction of sp³-hybridized carbons (Fsp3) is 0.111. The quantitative estimate of drug-likeness (QED) is 0.172. The van der Waals surface area contributed by atoms with Gasteiger partial charge in [0.2, 0.25) is 0 Å². The molecule has 1 aliphatic heterocycles. The van der Waals surface area contributed by atoms with Gasteiger partial charge in [0.1, 0.15) is 11.2 Å². The van der Waals surface area contributed by atoms with Gasteiger partial charge in [-0.3, -0.25) is 16.0 Å². The smallest absolute Gasteiger partial charge is 0.143 e. The third-order valence-electron chi connectivity index (χ3n) is 10.8. The van der Waals surface area contributed by atoms with Gasteiger partial charge in [-0.1, -0.05) is 121 Å². The molecule has 4 nitrogen and oxygen atoms in total. The van der Waals surface area contributed by atoms with E-state index in [0.29, 0.717) is 5.92 Å². The lowest BCUT2D eigenvalue weighted by molar-refractivity contribution is 0.180. The second-order valence-corrected chi connectivity index (χ2v) is 15.8. The fourth-order valence-corrected chi connectivity index (χ4v) is 10.9. The van der Waals surface area contributed by atoms with Crippen LogP contribution in [0.1, 0.15) is 46.2 Å². The molecule has 6 aromatic carbocycles. The minimum atomic E-state index is -0.0444. The zero-order valence-corrected chi connectivity index (χ0v) is 29.2. The highest BCUT2D eigenvalue weighted by molar-refractivity contribution is 7.26. The molecule has 0 bridgehead atoms. The molecule has 4 heterocycles. The first-order chi connectivity index (χ1) is 25.3. The highest BCUT2D eigenvalue weighted by Gasteiger charge is 2.36. The van der Waals surface area contributed by atoms with E-state index in [4.69, 9.17) is 4.42 Å². The average molecular weight is 696 g/mol. The lowest BCUT2D eigenvalue weighted by Gasteiger charge is -2.43. The number of nitrogens with one attached hydrogen (secondary N) is 3. The van der Waals surface area contributed by atoms with Gasteiger partial charge in [0.15, 0.2) is 0 Å². The van der Waals surface area contributed by atoms with Crippen LogP contribution in [-0.2, 0) is 0 Å². The molecule has 3 N–H and O–H groups in total. The molecule has 1 saturated heterocycles. The molecule has 3 aromatic heterocycles. The molecule has 51 heavy (non-hydrogen) atoms. The van der Waals surface area contributed by atoms with Gasteiger partial charge in [-0.25, -0.2) is 0 Å². The van der Waals surface area contributed by atoms with Crippen LogP contribution in [0.25, 0.3) is 69.4 Å². The van der Waals surface area contributed by atoms with Crippen molar-refractivity contribution in [2.24, 2.45) is 0 Å². The molecule has 9 aromatic rings. The zero-order chi connectivity index (χ0) is 33.5. The molecule has 4 atom stereocenters. The summed E-state index contributed by atoms with van der Waals surface area (Å²) in [7, 11) is 0. The van der Waals surface area contributed by atoms with Crippen LogP contribution >= 0.6 is 22.7 Å². The van der Waals surface area contributed by atoms with Crippen molar-refractivity contribution in [3.05, 3.63) is 161 Å². The van der Waals surface area contributed by atoms with Gasteiger partial charge in [0.05, 0.1) is 18.5 Å². The minimum Gasteiger partial charge on any atom is -0.455 e. The Hall–Kier alpha value is -5.08. The van der Waals surface area contributed by atoms with E-state index in [2.05, 4.69) is 155 Å². The fourth-order valence-electron chi connectivity index (χ4n) is 8.36. The summed E-state index contributed by atoms with van der Waals surface area (Å²) in [5.41, 5.74) is 8.08. The highest BCUT2D eigenvalue weighted by Crippen LogP contribution is 2.46. The molecule has 6 heteroatoms. The van der Waals surface area contributed by atoms with E-state index in [9.17, 15) is 0 Å². The topological polar surface area (TPSA) is 49.2 Å². The van der Waals surface area contributed by atoms with Crippen LogP contribution in [0.5, 0.6) is 0 Å². The second-order valence-electron chi connectivity index (χ2n) is 13.7. The van der Waals surface area contributed by atoms with E-state index < -0.39 is 0 Å². The van der Waals surface area contributed by atoms with Gasteiger partial charge >= 0.3 is 0 Å². The Balaban J connectivity index is 1.01. The molecule has 0 radical (unpaired) electrons. The van der Waals surface area contributed by atoms with Gasteiger partial charge in [-0.05, 0) is 52.8 Å². The maximum absolute atomic E-state index is 6.48. The van der Waals surface area contributed by atoms with Crippen molar-refractivity contribution >= 4 is 80.9 Å². The van der Waals surface area contributed by atoms with E-state index in [1.807, 2.05) is 28.7 Å². The normalized spacial score (nSPS) is 20.5. The van der Waals surface area contributed by atoms with Gasteiger partial charge in [0.25, 0.3) is 0 Å². The maximum Gasteiger partial charge on any atom is 0.143 e. The Morgan fingerprint density at radius 1 is 0.549 bits per heavy atom. The molecule has 246 valence electrons. The van der Waals surface area contributed by atoms with Crippen LogP contribution in [0.4, 0.5) is 0 Å². The first kappa shape index (κ1) is 29.6. The van der Waals surface area contributed by atoms with Crippen molar-refractivity contribution in [1.82, 2.24) is 16.0 Å². The van der Waals surface area contributed by atoms with Gasteiger partial charge < -0.3 is 4.42 Å². The molecular weight excluding hydrogens is 663 g/mol. The molecule has 0 saturated carbocycles. The molecule has 1 fully saturated rings. The first-order valence-electron chi connectivity index (χ1n) is 17.6. The third-order valence-corrected chi connectivity index (χ3v) is 13.3. The number of fused-ring (bicyclic) bond motifs is 9. The van der Waals surface area contributed by atoms with E-state index in [-0.39, 0.29) is 18.5 Å². The van der Waals surface area contributed by atoms with Crippen LogP contribution in [0.3, 0.4) is 0 Å². The number of rotatable bonds is 4. The Bertz CT molecular complexity index is 2810. The SMILES string of the molecule is C1=Cc2c(sc3ccccc23)C(C2NC(c3ccccc3)NC(c3ccc4sc5c(-c6cccc7c6oc6ccccc67)cccc5c4c3)N2)C1. The van der Waals surface area contributed by atoms with E-state index in [1.54, 1.807) is 0 Å². The van der Waals surface area contributed by atoms with Crippen LogP contribution in [0, 0.1) is 0 Å². The molecule has 4 unspecified atom stereocenters. The number of hydrogen-bond donors (Lipinski definition) is 3. The molecule has 0 amide bonds. The van der Waals surface area contributed by atoms with Gasteiger partial charge in [-0.2, -0.15) is 0 Å². The van der Waals surface area contributed by atoms with E-state index >= 15 is 0 Å². The van der Waals surface area contributed by atoms with Crippen molar-refractivity contribution in [3.8, 4) is 11.1 Å². The zero-order valence-electron chi connectivity index (χ0n) is 27.6. The third kappa shape index (κ3) is 4.75. The monoisotopic (exact) mass is 695 g/mol. The van der Waals surface area contributed by atoms with Crippen LogP contribution in [0.15, 0.2) is 144 Å². The van der Waals surface area contributed by atoms with Crippen molar-refractivity contribution < 1.29 is 4.42 Å². The Morgan fingerprint density at radius 2 is 1.27 bits per heavy atom. The molecule has 2 aliphatic rings. The van der Waals surface area contributed by atoms with Crippen molar-refractivity contribution in [2.75, 3.05) is 0 Å². The molecule has 1 aliphatic carbocycles. The summed E-state index contributed by atoms with van der Waals surface area (Å²) in [6.07, 6.45) is 5.71. The largest absolute Gasteiger partial charge is 0.455 e. The molecule has 11 rings (SSSR count). The van der Waals surface area contributed by atoms with Crippen molar-refractivity contribution in [1.29, 1.82) is 0 Å². The number of allylic oxidation sites excluding steroid dienone is 1. The van der Waals surface area contributed by atoms with Gasteiger partial charge in [-0.15, -0.1) is 22.7 Å². The standard InChI is InChI=1S/C45H33N3OS2/c1-2-11-26(12-3-1)43-46-44(48-45(47-43)35-20-10-17-32-29-14-5-7-22-38(29)50-42(32)35)27-23-24-39-36(25-27)34-19-9-18-33(41(34)51-39)31-16-8-15-30-28-13-4-6-21-37(28)49-40(30)31/h1-19,21-25,35,43-48H,20H2. The van der Waals surface area contributed by atoms with Crippen molar-refractivity contribution in [3.63, 3.8) is 0 Å². The average Bonchev–Trinajstić information content (AvgIpc) is 3.89. The number of thiophene rings is 2. The number of benzene rings is 6. The van der Waals surface area contributed by atoms with E-state index in [1.165, 1.54) is 57.4 Å². The number of para-hydroxylation sites is 2. The summed E-state index contributed by atoms with van der Waals surface area (Å²) in [5.74, 6) is 0.312.